The fraction of sp³-hybridized carbons (Fsp3) is 0.214. The van der Waals surface area contributed by atoms with Gasteiger partial charge < -0.3 is 15.2 Å². The zero-order valence-corrected chi connectivity index (χ0v) is 10.9. The first kappa shape index (κ1) is 14.0. The quantitative estimate of drug-likeness (QED) is 0.910. The number of hydrogen-bond acceptors (Lipinski definition) is 4. The van der Waals surface area contributed by atoms with Crippen LogP contribution in [-0.2, 0) is 0 Å². The SMILES string of the molecule is CCCOc1nc(Oc2cc(F)cc(F)c2)ccc1N. The molecule has 0 atom stereocenters. The van der Waals surface area contributed by atoms with Gasteiger partial charge in [-0.15, -0.1) is 0 Å². The molecule has 0 unspecified atom stereocenters. The Morgan fingerprint density at radius 1 is 1.15 bits per heavy atom. The van der Waals surface area contributed by atoms with E-state index >= 15 is 0 Å². The Morgan fingerprint density at radius 3 is 2.50 bits per heavy atom. The van der Waals surface area contributed by atoms with Crippen molar-refractivity contribution in [3.63, 3.8) is 0 Å². The minimum atomic E-state index is -0.724. The smallest absolute Gasteiger partial charge is 0.240 e. The summed E-state index contributed by atoms with van der Waals surface area (Å²) in [5.74, 6) is -1.05. The van der Waals surface area contributed by atoms with E-state index in [-0.39, 0.29) is 17.5 Å². The molecule has 20 heavy (non-hydrogen) atoms. The van der Waals surface area contributed by atoms with Crippen molar-refractivity contribution in [2.75, 3.05) is 12.3 Å². The molecular formula is C14H14F2N2O2. The number of nitrogens with zero attached hydrogens (tertiary/aromatic N) is 1. The predicted octanol–water partition coefficient (Wildman–Crippen LogP) is 3.52. The molecule has 0 aliphatic carbocycles. The summed E-state index contributed by atoms with van der Waals surface area (Å²) in [5, 5.41) is 0. The van der Waals surface area contributed by atoms with Crippen LogP contribution in [0.2, 0.25) is 0 Å². The number of ether oxygens (including phenoxy) is 2. The minimum absolute atomic E-state index is 0.0150. The monoisotopic (exact) mass is 280 g/mol. The number of nitrogens with two attached hydrogens (primary N) is 1. The maximum atomic E-state index is 13.1. The number of anilines is 1. The normalized spacial score (nSPS) is 10.3. The summed E-state index contributed by atoms with van der Waals surface area (Å²) in [7, 11) is 0. The molecule has 0 aliphatic rings. The lowest BCUT2D eigenvalue weighted by atomic mass is 10.3. The van der Waals surface area contributed by atoms with Crippen molar-refractivity contribution in [3.05, 3.63) is 42.0 Å². The van der Waals surface area contributed by atoms with Crippen molar-refractivity contribution in [1.82, 2.24) is 4.98 Å². The molecule has 2 N–H and O–H groups in total. The summed E-state index contributed by atoms with van der Waals surface area (Å²) in [6.07, 6.45) is 0.807. The molecule has 2 rings (SSSR count). The highest BCUT2D eigenvalue weighted by Crippen LogP contribution is 2.26. The molecule has 2 aromatic rings. The van der Waals surface area contributed by atoms with E-state index in [9.17, 15) is 8.78 Å². The summed E-state index contributed by atoms with van der Waals surface area (Å²) < 4.78 is 36.7. The third-order valence-corrected chi connectivity index (χ3v) is 2.37. The van der Waals surface area contributed by atoms with Crippen LogP contribution >= 0.6 is 0 Å². The zero-order chi connectivity index (χ0) is 14.5. The van der Waals surface area contributed by atoms with Crippen molar-refractivity contribution >= 4 is 5.69 Å². The van der Waals surface area contributed by atoms with E-state index in [1.807, 2.05) is 6.92 Å². The number of aromatic nitrogens is 1. The maximum absolute atomic E-state index is 13.1. The van der Waals surface area contributed by atoms with Crippen molar-refractivity contribution in [2.45, 2.75) is 13.3 Å². The Kier molecular flexibility index (Phi) is 4.34. The van der Waals surface area contributed by atoms with Crippen molar-refractivity contribution in [1.29, 1.82) is 0 Å². The van der Waals surface area contributed by atoms with Crippen molar-refractivity contribution < 1.29 is 18.3 Å². The van der Waals surface area contributed by atoms with E-state index in [1.165, 1.54) is 6.07 Å². The zero-order valence-electron chi connectivity index (χ0n) is 10.9. The molecule has 1 aromatic carbocycles. The predicted molar refractivity (Wildman–Crippen MR) is 70.9 cm³/mol. The van der Waals surface area contributed by atoms with Crippen LogP contribution in [0.5, 0.6) is 17.5 Å². The topological polar surface area (TPSA) is 57.4 Å². The fourth-order valence-electron chi connectivity index (χ4n) is 1.51. The lowest BCUT2D eigenvalue weighted by molar-refractivity contribution is 0.302. The third-order valence-electron chi connectivity index (χ3n) is 2.37. The summed E-state index contributed by atoms with van der Waals surface area (Å²) in [6.45, 7) is 2.42. The number of halogens is 2. The van der Waals surface area contributed by atoms with Crippen molar-refractivity contribution in [3.8, 4) is 17.5 Å². The van der Waals surface area contributed by atoms with Crippen LogP contribution in [0.15, 0.2) is 30.3 Å². The van der Waals surface area contributed by atoms with Crippen LogP contribution in [0.3, 0.4) is 0 Å². The molecule has 106 valence electrons. The van der Waals surface area contributed by atoms with Gasteiger partial charge >= 0.3 is 0 Å². The number of nitrogen functional groups attached to an aromatic ring is 1. The molecule has 0 spiro atoms. The third kappa shape index (κ3) is 3.57. The first-order chi connectivity index (χ1) is 9.58. The van der Waals surface area contributed by atoms with E-state index in [1.54, 1.807) is 6.07 Å². The van der Waals surface area contributed by atoms with E-state index in [0.717, 1.165) is 24.6 Å². The number of benzene rings is 1. The first-order valence-corrected chi connectivity index (χ1v) is 6.11. The summed E-state index contributed by atoms with van der Waals surface area (Å²) in [5.41, 5.74) is 6.08. The molecule has 6 heteroatoms. The Hall–Kier alpha value is -2.37. The molecule has 0 aliphatic heterocycles. The largest absolute Gasteiger partial charge is 0.476 e. The Labute approximate surface area is 115 Å². The van der Waals surface area contributed by atoms with Gasteiger partial charge in [0, 0.05) is 24.3 Å². The standard InChI is InChI=1S/C14H14F2N2O2/c1-2-5-19-14-12(17)3-4-13(18-14)20-11-7-9(15)6-10(16)8-11/h3-4,6-8H,2,5,17H2,1H3. The fourth-order valence-corrected chi connectivity index (χ4v) is 1.51. The number of pyridine rings is 1. The average Bonchev–Trinajstić information content (AvgIpc) is 2.38. The molecule has 0 bridgehead atoms. The Bertz CT molecular complexity index is 585. The van der Waals surface area contributed by atoms with Crippen LogP contribution in [0.4, 0.5) is 14.5 Å². The second kappa shape index (κ2) is 6.18. The van der Waals surface area contributed by atoms with Gasteiger partial charge in [-0.2, -0.15) is 4.98 Å². The van der Waals surface area contributed by atoms with Gasteiger partial charge in [0.15, 0.2) is 0 Å². The molecule has 0 amide bonds. The van der Waals surface area contributed by atoms with Crippen LogP contribution < -0.4 is 15.2 Å². The second-order valence-electron chi connectivity index (χ2n) is 4.10. The van der Waals surface area contributed by atoms with Gasteiger partial charge in [0.2, 0.25) is 11.8 Å². The van der Waals surface area contributed by atoms with E-state index in [0.29, 0.717) is 12.3 Å². The molecule has 0 fully saturated rings. The summed E-state index contributed by atoms with van der Waals surface area (Å²) >= 11 is 0. The first-order valence-electron chi connectivity index (χ1n) is 6.11. The molecule has 0 radical (unpaired) electrons. The molecule has 4 nitrogen and oxygen atoms in total. The van der Waals surface area contributed by atoms with Gasteiger partial charge in [0.25, 0.3) is 0 Å². The average molecular weight is 280 g/mol. The van der Waals surface area contributed by atoms with Gasteiger partial charge in [-0.25, -0.2) is 8.78 Å². The Morgan fingerprint density at radius 2 is 1.85 bits per heavy atom. The van der Waals surface area contributed by atoms with Gasteiger partial charge in [-0.05, 0) is 12.5 Å². The molecule has 1 heterocycles. The lowest BCUT2D eigenvalue weighted by Crippen LogP contribution is -2.02. The highest BCUT2D eigenvalue weighted by Gasteiger charge is 2.08. The van der Waals surface area contributed by atoms with Gasteiger partial charge in [0.1, 0.15) is 17.4 Å². The van der Waals surface area contributed by atoms with Gasteiger partial charge in [-0.3, -0.25) is 0 Å². The molecule has 0 saturated carbocycles. The van der Waals surface area contributed by atoms with Crippen LogP contribution in [-0.4, -0.2) is 11.6 Å². The Balaban J connectivity index is 2.20. The maximum Gasteiger partial charge on any atom is 0.240 e. The lowest BCUT2D eigenvalue weighted by Gasteiger charge is -2.09. The van der Waals surface area contributed by atoms with Gasteiger partial charge in [-0.1, -0.05) is 6.92 Å². The molecular weight excluding hydrogens is 266 g/mol. The summed E-state index contributed by atoms with van der Waals surface area (Å²) in [6, 6.07) is 5.94. The summed E-state index contributed by atoms with van der Waals surface area (Å²) in [4.78, 5) is 4.05. The minimum Gasteiger partial charge on any atom is -0.476 e. The second-order valence-corrected chi connectivity index (χ2v) is 4.10. The number of rotatable bonds is 5. The van der Waals surface area contributed by atoms with Crippen LogP contribution in [0.25, 0.3) is 0 Å². The molecule has 0 saturated heterocycles. The highest BCUT2D eigenvalue weighted by molar-refractivity contribution is 5.49. The van der Waals surface area contributed by atoms with Crippen LogP contribution in [0, 0.1) is 11.6 Å². The van der Waals surface area contributed by atoms with E-state index < -0.39 is 11.6 Å². The van der Waals surface area contributed by atoms with Crippen molar-refractivity contribution in [2.24, 2.45) is 0 Å². The number of hydrogen-bond donors (Lipinski definition) is 1. The highest BCUT2D eigenvalue weighted by atomic mass is 19.1. The van der Waals surface area contributed by atoms with Crippen LogP contribution in [0.1, 0.15) is 13.3 Å². The van der Waals surface area contributed by atoms with E-state index in [4.69, 9.17) is 15.2 Å². The van der Waals surface area contributed by atoms with E-state index in [2.05, 4.69) is 4.98 Å². The molecule has 1 aromatic heterocycles. The van der Waals surface area contributed by atoms with Gasteiger partial charge in [0.05, 0.1) is 12.3 Å².